The van der Waals surface area contributed by atoms with Gasteiger partial charge in [0.1, 0.15) is 5.69 Å². The summed E-state index contributed by atoms with van der Waals surface area (Å²) in [5.41, 5.74) is -1.25. The Labute approximate surface area is 96.8 Å². The SMILES string of the molecule is COC(=O)c1cc(C(F)(F)F)c(I)cn1. The first-order valence-corrected chi connectivity index (χ1v) is 4.75. The molecule has 1 rings (SSSR count). The quantitative estimate of drug-likeness (QED) is 0.586. The zero-order valence-corrected chi connectivity index (χ0v) is 9.59. The lowest BCUT2D eigenvalue weighted by molar-refractivity contribution is -0.138. The highest BCUT2D eigenvalue weighted by molar-refractivity contribution is 14.1. The minimum atomic E-state index is -4.50. The molecule has 7 heteroatoms. The molecule has 15 heavy (non-hydrogen) atoms. The Kier molecular flexibility index (Phi) is 3.53. The number of carbonyl (C=O) groups excluding carboxylic acids is 1. The zero-order chi connectivity index (χ0) is 11.6. The summed E-state index contributed by atoms with van der Waals surface area (Å²) in [4.78, 5) is 14.5. The second kappa shape index (κ2) is 4.33. The van der Waals surface area contributed by atoms with Crippen molar-refractivity contribution in [3.63, 3.8) is 0 Å². The van der Waals surface area contributed by atoms with Crippen molar-refractivity contribution >= 4 is 28.6 Å². The van der Waals surface area contributed by atoms with Gasteiger partial charge in [-0.2, -0.15) is 13.2 Å². The van der Waals surface area contributed by atoms with Gasteiger partial charge in [0.25, 0.3) is 0 Å². The van der Waals surface area contributed by atoms with Crippen LogP contribution in [0.15, 0.2) is 12.3 Å². The maximum absolute atomic E-state index is 12.4. The van der Waals surface area contributed by atoms with Gasteiger partial charge in [0, 0.05) is 9.77 Å². The average Bonchev–Trinajstić information content (AvgIpc) is 2.15. The molecule has 1 aromatic rings. The van der Waals surface area contributed by atoms with Crippen LogP contribution in [-0.4, -0.2) is 18.1 Å². The van der Waals surface area contributed by atoms with Crippen LogP contribution in [0.25, 0.3) is 0 Å². The van der Waals surface area contributed by atoms with E-state index in [-0.39, 0.29) is 9.26 Å². The summed E-state index contributed by atoms with van der Waals surface area (Å²) < 4.78 is 41.4. The van der Waals surface area contributed by atoms with E-state index < -0.39 is 17.7 Å². The first-order valence-electron chi connectivity index (χ1n) is 3.67. The van der Waals surface area contributed by atoms with E-state index in [0.717, 1.165) is 13.3 Å². The van der Waals surface area contributed by atoms with Gasteiger partial charge in [-0.1, -0.05) is 0 Å². The van der Waals surface area contributed by atoms with E-state index in [9.17, 15) is 18.0 Å². The van der Waals surface area contributed by atoms with Crippen molar-refractivity contribution in [1.29, 1.82) is 0 Å². The molecule has 0 aliphatic heterocycles. The fourth-order valence-corrected chi connectivity index (χ4v) is 1.47. The van der Waals surface area contributed by atoms with Crippen LogP contribution in [0.3, 0.4) is 0 Å². The molecule has 0 unspecified atom stereocenters. The van der Waals surface area contributed by atoms with Gasteiger partial charge in [0.2, 0.25) is 0 Å². The van der Waals surface area contributed by atoms with Crippen molar-refractivity contribution in [2.24, 2.45) is 0 Å². The normalized spacial score (nSPS) is 11.3. The van der Waals surface area contributed by atoms with Gasteiger partial charge >= 0.3 is 12.1 Å². The van der Waals surface area contributed by atoms with Gasteiger partial charge in [-0.3, -0.25) is 0 Å². The van der Waals surface area contributed by atoms with E-state index in [2.05, 4.69) is 9.72 Å². The van der Waals surface area contributed by atoms with Crippen LogP contribution < -0.4 is 0 Å². The van der Waals surface area contributed by atoms with Crippen molar-refractivity contribution in [2.75, 3.05) is 7.11 Å². The van der Waals surface area contributed by atoms with Crippen LogP contribution in [0.4, 0.5) is 13.2 Å². The molecule has 0 saturated heterocycles. The van der Waals surface area contributed by atoms with Crippen molar-refractivity contribution in [2.45, 2.75) is 6.18 Å². The molecule has 0 spiro atoms. The Morgan fingerprint density at radius 2 is 2.13 bits per heavy atom. The number of hydrogen-bond acceptors (Lipinski definition) is 3. The number of alkyl halides is 3. The lowest BCUT2D eigenvalue weighted by atomic mass is 10.2. The lowest BCUT2D eigenvalue weighted by Gasteiger charge is -2.09. The van der Waals surface area contributed by atoms with Crippen LogP contribution in [-0.2, 0) is 10.9 Å². The van der Waals surface area contributed by atoms with Gasteiger partial charge in [-0.25, -0.2) is 9.78 Å². The standard InChI is InChI=1S/C8H5F3INO2/c1-15-7(14)6-2-4(8(9,10)11)5(12)3-13-6/h2-3H,1H3. The van der Waals surface area contributed by atoms with Crippen LogP contribution in [0.5, 0.6) is 0 Å². The molecule has 1 heterocycles. The molecular weight excluding hydrogens is 326 g/mol. The summed E-state index contributed by atoms with van der Waals surface area (Å²) in [7, 11) is 1.08. The summed E-state index contributed by atoms with van der Waals surface area (Å²) in [6, 6.07) is 0.674. The first kappa shape index (κ1) is 12.2. The molecule has 0 aliphatic carbocycles. The number of pyridine rings is 1. The maximum atomic E-state index is 12.4. The zero-order valence-electron chi connectivity index (χ0n) is 7.43. The number of nitrogens with zero attached hydrogens (tertiary/aromatic N) is 1. The number of hydrogen-bond donors (Lipinski definition) is 0. The number of halogens is 4. The summed E-state index contributed by atoms with van der Waals surface area (Å²) in [6.45, 7) is 0. The summed E-state index contributed by atoms with van der Waals surface area (Å²) in [5, 5.41) is 0. The maximum Gasteiger partial charge on any atom is 0.417 e. The molecule has 0 N–H and O–H groups in total. The highest BCUT2D eigenvalue weighted by Gasteiger charge is 2.34. The molecule has 82 valence electrons. The number of ether oxygens (including phenoxy) is 1. The molecule has 0 amide bonds. The Morgan fingerprint density at radius 3 is 2.60 bits per heavy atom. The Morgan fingerprint density at radius 1 is 1.53 bits per heavy atom. The van der Waals surface area contributed by atoms with Crippen LogP contribution in [0.1, 0.15) is 16.1 Å². The number of rotatable bonds is 1. The smallest absolute Gasteiger partial charge is 0.417 e. The third-order valence-corrected chi connectivity index (χ3v) is 2.41. The van der Waals surface area contributed by atoms with E-state index in [1.165, 1.54) is 22.6 Å². The van der Waals surface area contributed by atoms with Gasteiger partial charge < -0.3 is 4.74 Å². The minimum absolute atomic E-state index is 0.0623. The van der Waals surface area contributed by atoms with Crippen molar-refractivity contribution in [1.82, 2.24) is 4.98 Å². The molecule has 0 aromatic carbocycles. The Bertz CT molecular complexity index is 392. The molecule has 0 fully saturated rings. The van der Waals surface area contributed by atoms with E-state index in [1.54, 1.807) is 0 Å². The molecule has 3 nitrogen and oxygen atoms in total. The Hall–Kier alpha value is -0.860. The summed E-state index contributed by atoms with van der Waals surface area (Å²) >= 11 is 1.50. The van der Waals surface area contributed by atoms with Crippen LogP contribution in [0, 0.1) is 3.57 Å². The van der Waals surface area contributed by atoms with Gasteiger partial charge in [-0.05, 0) is 28.7 Å². The van der Waals surface area contributed by atoms with Gasteiger partial charge in [-0.15, -0.1) is 0 Å². The predicted octanol–water partition coefficient (Wildman–Crippen LogP) is 2.49. The second-order valence-electron chi connectivity index (χ2n) is 2.54. The molecule has 0 saturated carbocycles. The molecule has 0 bridgehead atoms. The number of aromatic nitrogens is 1. The monoisotopic (exact) mass is 331 g/mol. The fraction of sp³-hybridized carbons (Fsp3) is 0.250. The van der Waals surface area contributed by atoms with E-state index in [4.69, 9.17) is 0 Å². The van der Waals surface area contributed by atoms with Gasteiger partial charge in [0.15, 0.2) is 0 Å². The van der Waals surface area contributed by atoms with Crippen LogP contribution >= 0.6 is 22.6 Å². The van der Waals surface area contributed by atoms with Crippen molar-refractivity contribution < 1.29 is 22.7 Å². The third kappa shape index (κ3) is 2.80. The lowest BCUT2D eigenvalue weighted by Crippen LogP contribution is -2.12. The summed E-state index contributed by atoms with van der Waals surface area (Å²) in [6.07, 6.45) is -3.52. The van der Waals surface area contributed by atoms with E-state index >= 15 is 0 Å². The molecule has 0 atom stereocenters. The molecular formula is C8H5F3INO2. The first-order chi connectivity index (χ1) is 6.86. The average molecular weight is 331 g/mol. The van der Waals surface area contributed by atoms with Crippen LogP contribution in [0.2, 0.25) is 0 Å². The Balaban J connectivity index is 3.23. The fourth-order valence-electron chi connectivity index (χ4n) is 0.872. The topological polar surface area (TPSA) is 39.2 Å². The number of carbonyl (C=O) groups is 1. The molecule has 0 aliphatic rings. The molecule has 0 radical (unpaired) electrons. The van der Waals surface area contributed by atoms with Crippen molar-refractivity contribution in [3.8, 4) is 0 Å². The second-order valence-corrected chi connectivity index (χ2v) is 3.70. The summed E-state index contributed by atoms with van der Waals surface area (Å²) in [5.74, 6) is -0.892. The highest BCUT2D eigenvalue weighted by atomic mass is 127. The third-order valence-electron chi connectivity index (χ3n) is 1.56. The van der Waals surface area contributed by atoms with E-state index in [0.29, 0.717) is 6.07 Å². The molecule has 1 aromatic heterocycles. The van der Waals surface area contributed by atoms with Gasteiger partial charge in [0.05, 0.1) is 12.7 Å². The largest absolute Gasteiger partial charge is 0.464 e. The highest BCUT2D eigenvalue weighted by Crippen LogP contribution is 2.32. The number of methoxy groups -OCH3 is 1. The number of esters is 1. The minimum Gasteiger partial charge on any atom is -0.464 e. The predicted molar refractivity (Wildman–Crippen MR) is 53.3 cm³/mol. The van der Waals surface area contributed by atoms with E-state index in [1.807, 2.05) is 0 Å². The van der Waals surface area contributed by atoms with Crippen molar-refractivity contribution in [3.05, 3.63) is 27.1 Å².